The topological polar surface area (TPSA) is 49.3 Å². The molecule has 3 heteroatoms. The van der Waals surface area contributed by atoms with Crippen molar-refractivity contribution in [2.45, 2.75) is 39.2 Å². The van der Waals surface area contributed by atoms with Gasteiger partial charge in [0.15, 0.2) is 0 Å². The second-order valence-electron chi connectivity index (χ2n) is 5.75. The zero-order valence-electron chi connectivity index (χ0n) is 11.7. The van der Waals surface area contributed by atoms with Crippen LogP contribution in [0.3, 0.4) is 0 Å². The van der Waals surface area contributed by atoms with Crippen LogP contribution in [0, 0.1) is 11.8 Å². The van der Waals surface area contributed by atoms with Crippen LogP contribution in [-0.2, 0) is 17.6 Å². The molecule has 1 aliphatic carbocycles. The zero-order valence-corrected chi connectivity index (χ0v) is 11.7. The van der Waals surface area contributed by atoms with Crippen molar-refractivity contribution in [2.75, 3.05) is 6.61 Å². The molecule has 0 radical (unpaired) electrons. The number of aliphatic hydroxyl groups excluding tert-OH is 1. The van der Waals surface area contributed by atoms with Crippen molar-refractivity contribution in [2.24, 2.45) is 11.8 Å². The van der Waals surface area contributed by atoms with Crippen molar-refractivity contribution in [3.05, 3.63) is 35.4 Å². The minimum atomic E-state index is 0.0531. The number of hydrogen-bond acceptors (Lipinski definition) is 2. The molecule has 0 saturated heterocycles. The lowest BCUT2D eigenvalue weighted by Crippen LogP contribution is -2.42. The maximum absolute atomic E-state index is 12.3. The number of amides is 1. The van der Waals surface area contributed by atoms with Crippen molar-refractivity contribution in [3.8, 4) is 0 Å². The molecule has 0 spiro atoms. The van der Waals surface area contributed by atoms with Gasteiger partial charge in [-0.3, -0.25) is 4.79 Å². The Morgan fingerprint density at radius 1 is 1.32 bits per heavy atom. The first kappa shape index (κ1) is 14.1. The molecule has 3 nitrogen and oxygen atoms in total. The second-order valence-corrected chi connectivity index (χ2v) is 5.75. The molecular weight excluding hydrogens is 238 g/mol. The molecule has 0 aromatic heterocycles. The third kappa shape index (κ3) is 3.35. The lowest BCUT2D eigenvalue weighted by Gasteiger charge is -2.23. The quantitative estimate of drug-likeness (QED) is 0.851. The number of rotatable bonds is 5. The SMILES string of the molecule is CC(C)C(CCO)NC(=O)C1Cc2ccccc2C1. The summed E-state index contributed by atoms with van der Waals surface area (Å²) < 4.78 is 0. The smallest absolute Gasteiger partial charge is 0.224 e. The summed E-state index contributed by atoms with van der Waals surface area (Å²) >= 11 is 0. The van der Waals surface area contributed by atoms with E-state index in [0.717, 1.165) is 12.8 Å². The van der Waals surface area contributed by atoms with Crippen molar-refractivity contribution in [3.63, 3.8) is 0 Å². The summed E-state index contributed by atoms with van der Waals surface area (Å²) in [6, 6.07) is 8.34. The molecule has 1 aliphatic rings. The normalized spacial score (nSPS) is 16.4. The minimum absolute atomic E-state index is 0.0531. The molecule has 1 atom stereocenters. The third-order valence-electron chi connectivity index (χ3n) is 3.99. The van der Waals surface area contributed by atoms with E-state index in [2.05, 4.69) is 31.3 Å². The monoisotopic (exact) mass is 261 g/mol. The van der Waals surface area contributed by atoms with E-state index in [1.54, 1.807) is 0 Å². The molecular formula is C16H23NO2. The van der Waals surface area contributed by atoms with Gasteiger partial charge in [-0.15, -0.1) is 0 Å². The summed E-state index contributed by atoms with van der Waals surface area (Å²) in [5, 5.41) is 12.1. The molecule has 1 aromatic rings. The van der Waals surface area contributed by atoms with Gasteiger partial charge < -0.3 is 10.4 Å². The van der Waals surface area contributed by atoms with Crippen LogP contribution in [-0.4, -0.2) is 23.7 Å². The van der Waals surface area contributed by atoms with Crippen LogP contribution in [0.5, 0.6) is 0 Å². The lowest BCUT2D eigenvalue weighted by atomic mass is 9.99. The van der Waals surface area contributed by atoms with Crippen molar-refractivity contribution in [1.82, 2.24) is 5.32 Å². The lowest BCUT2D eigenvalue weighted by molar-refractivity contribution is -0.125. The highest BCUT2D eigenvalue weighted by atomic mass is 16.3. The zero-order chi connectivity index (χ0) is 13.8. The number of aliphatic hydroxyl groups is 1. The molecule has 0 saturated carbocycles. The Balaban J connectivity index is 1.95. The van der Waals surface area contributed by atoms with Crippen LogP contribution in [0.25, 0.3) is 0 Å². The Kier molecular flexibility index (Phi) is 4.59. The highest BCUT2D eigenvalue weighted by Crippen LogP contribution is 2.26. The number of nitrogens with one attached hydrogen (secondary N) is 1. The molecule has 2 N–H and O–H groups in total. The maximum Gasteiger partial charge on any atom is 0.224 e. The Bertz CT molecular complexity index is 417. The molecule has 1 aromatic carbocycles. The molecule has 0 bridgehead atoms. The van der Waals surface area contributed by atoms with E-state index in [1.165, 1.54) is 11.1 Å². The molecule has 104 valence electrons. The molecule has 2 rings (SSSR count). The number of hydrogen-bond donors (Lipinski definition) is 2. The second kappa shape index (κ2) is 6.20. The van der Waals surface area contributed by atoms with E-state index < -0.39 is 0 Å². The van der Waals surface area contributed by atoms with Gasteiger partial charge in [0, 0.05) is 18.6 Å². The van der Waals surface area contributed by atoms with Gasteiger partial charge in [0.25, 0.3) is 0 Å². The molecule has 1 amide bonds. The maximum atomic E-state index is 12.3. The largest absolute Gasteiger partial charge is 0.396 e. The number of fused-ring (bicyclic) bond motifs is 1. The van der Waals surface area contributed by atoms with Crippen LogP contribution < -0.4 is 5.32 Å². The van der Waals surface area contributed by atoms with Gasteiger partial charge in [0.05, 0.1) is 0 Å². The first-order valence-corrected chi connectivity index (χ1v) is 7.09. The van der Waals surface area contributed by atoms with Gasteiger partial charge in [-0.2, -0.15) is 0 Å². The predicted octanol–water partition coefficient (Wildman–Crippen LogP) is 1.92. The van der Waals surface area contributed by atoms with E-state index in [-0.39, 0.29) is 24.5 Å². The van der Waals surface area contributed by atoms with E-state index in [9.17, 15) is 4.79 Å². The average molecular weight is 261 g/mol. The first-order valence-electron chi connectivity index (χ1n) is 7.09. The van der Waals surface area contributed by atoms with Crippen molar-refractivity contribution in [1.29, 1.82) is 0 Å². The summed E-state index contributed by atoms with van der Waals surface area (Å²) in [5.74, 6) is 0.528. The van der Waals surface area contributed by atoms with Crippen LogP contribution >= 0.6 is 0 Å². The average Bonchev–Trinajstić information content (AvgIpc) is 2.81. The number of carbonyl (C=O) groups is 1. The first-order chi connectivity index (χ1) is 9.11. The fourth-order valence-corrected chi connectivity index (χ4v) is 2.76. The molecule has 0 aliphatic heterocycles. The van der Waals surface area contributed by atoms with Gasteiger partial charge in [-0.25, -0.2) is 0 Å². The van der Waals surface area contributed by atoms with Crippen LogP contribution in [0.15, 0.2) is 24.3 Å². The van der Waals surface area contributed by atoms with E-state index in [1.807, 2.05) is 12.1 Å². The van der Waals surface area contributed by atoms with Crippen molar-refractivity contribution >= 4 is 5.91 Å². The predicted molar refractivity (Wildman–Crippen MR) is 75.8 cm³/mol. The third-order valence-corrected chi connectivity index (χ3v) is 3.99. The van der Waals surface area contributed by atoms with E-state index in [4.69, 9.17) is 5.11 Å². The summed E-state index contributed by atoms with van der Waals surface area (Å²) in [4.78, 5) is 12.3. The van der Waals surface area contributed by atoms with Crippen LogP contribution in [0.4, 0.5) is 0 Å². The Hall–Kier alpha value is -1.35. The summed E-state index contributed by atoms with van der Waals surface area (Å²) in [5.41, 5.74) is 2.59. The van der Waals surface area contributed by atoms with Gasteiger partial charge in [0.1, 0.15) is 0 Å². The van der Waals surface area contributed by atoms with Gasteiger partial charge >= 0.3 is 0 Å². The molecule has 19 heavy (non-hydrogen) atoms. The number of benzene rings is 1. The molecule has 1 unspecified atom stereocenters. The minimum Gasteiger partial charge on any atom is -0.396 e. The summed E-state index contributed by atoms with van der Waals surface area (Å²) in [7, 11) is 0. The highest BCUT2D eigenvalue weighted by molar-refractivity contribution is 5.80. The fraction of sp³-hybridized carbons (Fsp3) is 0.562. The molecule has 0 fully saturated rings. The van der Waals surface area contributed by atoms with Gasteiger partial charge in [-0.05, 0) is 36.3 Å². The van der Waals surface area contributed by atoms with Gasteiger partial charge in [0.2, 0.25) is 5.91 Å². The standard InChI is InChI=1S/C16H23NO2/c1-11(2)15(7-8-18)17-16(19)14-9-12-5-3-4-6-13(12)10-14/h3-6,11,14-15,18H,7-10H2,1-2H3,(H,17,19). The Morgan fingerprint density at radius 2 is 1.89 bits per heavy atom. The Labute approximate surface area is 115 Å². The molecule has 0 heterocycles. The summed E-state index contributed by atoms with van der Waals surface area (Å²) in [6.45, 7) is 4.27. The number of carbonyl (C=O) groups excluding carboxylic acids is 1. The Morgan fingerprint density at radius 3 is 2.37 bits per heavy atom. The highest BCUT2D eigenvalue weighted by Gasteiger charge is 2.28. The van der Waals surface area contributed by atoms with Gasteiger partial charge in [-0.1, -0.05) is 38.1 Å². The van der Waals surface area contributed by atoms with Crippen molar-refractivity contribution < 1.29 is 9.90 Å². The van der Waals surface area contributed by atoms with Crippen LogP contribution in [0.1, 0.15) is 31.4 Å². The van der Waals surface area contributed by atoms with E-state index >= 15 is 0 Å². The summed E-state index contributed by atoms with van der Waals surface area (Å²) in [6.07, 6.45) is 2.31. The fourth-order valence-electron chi connectivity index (χ4n) is 2.76. The van der Waals surface area contributed by atoms with Crippen LogP contribution in [0.2, 0.25) is 0 Å². The van der Waals surface area contributed by atoms with E-state index in [0.29, 0.717) is 12.3 Å².